The SMILES string of the molecule is Cc1cc(Br)cc2[nH]c(-c3ccc(F)cc3)nc12. The van der Waals surface area contributed by atoms with Gasteiger partial charge in [-0.1, -0.05) is 15.9 Å². The van der Waals surface area contributed by atoms with E-state index in [0.717, 1.165) is 32.5 Å². The molecular weight excluding hydrogens is 295 g/mol. The maximum absolute atomic E-state index is 12.9. The number of nitrogens with one attached hydrogen (secondary N) is 1. The lowest BCUT2D eigenvalue weighted by Crippen LogP contribution is -1.80. The van der Waals surface area contributed by atoms with E-state index in [1.165, 1.54) is 12.1 Å². The molecule has 2 nitrogen and oxygen atoms in total. The van der Waals surface area contributed by atoms with Gasteiger partial charge in [0.2, 0.25) is 0 Å². The number of hydrogen-bond donors (Lipinski definition) is 1. The Morgan fingerprint density at radius 3 is 2.61 bits per heavy atom. The standard InChI is InChI=1S/C14H10BrFN2/c1-8-6-10(15)7-12-13(8)18-14(17-12)9-2-4-11(16)5-3-9/h2-7H,1H3,(H,17,18). The van der Waals surface area contributed by atoms with Crippen molar-refractivity contribution in [3.63, 3.8) is 0 Å². The summed E-state index contributed by atoms with van der Waals surface area (Å²) < 4.78 is 13.9. The molecule has 0 aliphatic rings. The lowest BCUT2D eigenvalue weighted by molar-refractivity contribution is 0.628. The van der Waals surface area contributed by atoms with Crippen LogP contribution in [0.4, 0.5) is 4.39 Å². The first-order valence-corrected chi connectivity index (χ1v) is 6.34. The van der Waals surface area contributed by atoms with Gasteiger partial charge in [0.25, 0.3) is 0 Å². The topological polar surface area (TPSA) is 28.7 Å². The van der Waals surface area contributed by atoms with Crippen molar-refractivity contribution in [1.29, 1.82) is 0 Å². The highest BCUT2D eigenvalue weighted by Gasteiger charge is 2.08. The molecule has 0 atom stereocenters. The Hall–Kier alpha value is -1.68. The zero-order valence-corrected chi connectivity index (χ0v) is 11.3. The summed E-state index contributed by atoms with van der Waals surface area (Å²) in [5.74, 6) is 0.514. The molecule has 0 bridgehead atoms. The number of H-pyrrole nitrogens is 1. The third-order valence-electron chi connectivity index (χ3n) is 2.86. The number of halogens is 2. The minimum absolute atomic E-state index is 0.242. The quantitative estimate of drug-likeness (QED) is 0.707. The van der Waals surface area contributed by atoms with Crippen LogP contribution in [0.25, 0.3) is 22.4 Å². The van der Waals surface area contributed by atoms with Crippen LogP contribution >= 0.6 is 15.9 Å². The molecule has 0 amide bonds. The molecule has 1 heterocycles. The Balaban J connectivity index is 2.19. The Morgan fingerprint density at radius 2 is 1.89 bits per heavy atom. The molecule has 3 rings (SSSR count). The fourth-order valence-electron chi connectivity index (χ4n) is 1.99. The highest BCUT2D eigenvalue weighted by atomic mass is 79.9. The molecule has 2 aromatic carbocycles. The van der Waals surface area contributed by atoms with Crippen molar-refractivity contribution >= 4 is 27.0 Å². The number of fused-ring (bicyclic) bond motifs is 1. The number of nitrogens with zero attached hydrogens (tertiary/aromatic N) is 1. The Kier molecular flexibility index (Phi) is 2.67. The highest BCUT2D eigenvalue weighted by Crippen LogP contribution is 2.25. The molecule has 4 heteroatoms. The summed E-state index contributed by atoms with van der Waals surface area (Å²) in [5.41, 5.74) is 3.89. The summed E-state index contributed by atoms with van der Waals surface area (Å²) >= 11 is 3.46. The molecule has 0 aliphatic heterocycles. The molecule has 0 unspecified atom stereocenters. The summed E-state index contributed by atoms with van der Waals surface area (Å²) in [6, 6.07) is 10.3. The van der Waals surface area contributed by atoms with Gasteiger partial charge in [-0.3, -0.25) is 0 Å². The minimum atomic E-state index is -0.242. The number of imidazole rings is 1. The van der Waals surface area contributed by atoms with Gasteiger partial charge in [-0.05, 0) is 48.9 Å². The van der Waals surface area contributed by atoms with Gasteiger partial charge in [0.15, 0.2) is 0 Å². The maximum atomic E-state index is 12.9. The van der Waals surface area contributed by atoms with Gasteiger partial charge in [0.1, 0.15) is 11.6 Å². The molecule has 0 fully saturated rings. The van der Waals surface area contributed by atoms with Crippen LogP contribution in [0.3, 0.4) is 0 Å². The molecule has 3 aromatic rings. The first-order valence-electron chi connectivity index (χ1n) is 5.55. The summed E-state index contributed by atoms with van der Waals surface area (Å²) in [7, 11) is 0. The fraction of sp³-hybridized carbons (Fsp3) is 0.0714. The van der Waals surface area contributed by atoms with Gasteiger partial charge in [-0.25, -0.2) is 9.37 Å². The summed E-state index contributed by atoms with van der Waals surface area (Å²) in [4.78, 5) is 7.80. The van der Waals surface area contributed by atoms with E-state index >= 15 is 0 Å². The molecule has 0 spiro atoms. The second-order valence-corrected chi connectivity index (χ2v) is 5.13. The first kappa shape index (κ1) is 11.4. The third kappa shape index (κ3) is 1.93. The van der Waals surface area contributed by atoms with Gasteiger partial charge < -0.3 is 4.98 Å². The van der Waals surface area contributed by atoms with E-state index in [4.69, 9.17) is 0 Å². The van der Waals surface area contributed by atoms with Gasteiger partial charge in [0.05, 0.1) is 11.0 Å². The molecule has 90 valence electrons. The molecule has 0 saturated carbocycles. The average molecular weight is 305 g/mol. The van der Waals surface area contributed by atoms with E-state index in [0.29, 0.717) is 0 Å². The number of rotatable bonds is 1. The Bertz CT molecular complexity index is 716. The monoisotopic (exact) mass is 304 g/mol. The maximum Gasteiger partial charge on any atom is 0.138 e. The number of aromatic nitrogens is 2. The van der Waals surface area contributed by atoms with E-state index in [1.807, 2.05) is 19.1 Å². The number of hydrogen-bond acceptors (Lipinski definition) is 1. The molecule has 1 aromatic heterocycles. The normalized spacial score (nSPS) is 11.1. The molecule has 0 saturated heterocycles. The van der Waals surface area contributed by atoms with Crippen LogP contribution in [0.1, 0.15) is 5.56 Å². The molecule has 18 heavy (non-hydrogen) atoms. The van der Waals surface area contributed by atoms with Gasteiger partial charge in [-0.2, -0.15) is 0 Å². The largest absolute Gasteiger partial charge is 0.338 e. The van der Waals surface area contributed by atoms with Crippen molar-refractivity contribution in [3.05, 3.63) is 52.3 Å². The van der Waals surface area contributed by atoms with Gasteiger partial charge in [-0.15, -0.1) is 0 Å². The fourth-order valence-corrected chi connectivity index (χ4v) is 2.56. The zero-order valence-electron chi connectivity index (χ0n) is 9.67. The molecule has 0 radical (unpaired) electrons. The molecule has 0 aliphatic carbocycles. The number of aryl methyl sites for hydroxylation is 1. The predicted octanol–water partition coefficient (Wildman–Crippen LogP) is 4.44. The van der Waals surface area contributed by atoms with Crippen LogP contribution in [-0.4, -0.2) is 9.97 Å². The first-order chi connectivity index (χ1) is 8.63. The van der Waals surface area contributed by atoms with Crippen LogP contribution in [0, 0.1) is 12.7 Å². The van der Waals surface area contributed by atoms with Crippen molar-refractivity contribution in [3.8, 4) is 11.4 Å². The summed E-state index contributed by atoms with van der Waals surface area (Å²) in [6.45, 7) is 2.02. The van der Waals surface area contributed by atoms with E-state index in [2.05, 4.69) is 25.9 Å². The third-order valence-corrected chi connectivity index (χ3v) is 3.32. The van der Waals surface area contributed by atoms with E-state index < -0.39 is 0 Å². The van der Waals surface area contributed by atoms with Crippen molar-refractivity contribution in [2.24, 2.45) is 0 Å². The number of aromatic amines is 1. The zero-order chi connectivity index (χ0) is 12.7. The smallest absolute Gasteiger partial charge is 0.138 e. The van der Waals surface area contributed by atoms with Gasteiger partial charge >= 0.3 is 0 Å². The lowest BCUT2D eigenvalue weighted by Gasteiger charge is -1.95. The van der Waals surface area contributed by atoms with Crippen molar-refractivity contribution < 1.29 is 4.39 Å². The Morgan fingerprint density at radius 1 is 1.17 bits per heavy atom. The van der Waals surface area contributed by atoms with Crippen molar-refractivity contribution in [2.45, 2.75) is 6.92 Å². The minimum Gasteiger partial charge on any atom is -0.338 e. The summed E-state index contributed by atoms with van der Waals surface area (Å²) in [5, 5.41) is 0. The second kappa shape index (κ2) is 4.21. The van der Waals surface area contributed by atoms with E-state index in [9.17, 15) is 4.39 Å². The van der Waals surface area contributed by atoms with Crippen molar-refractivity contribution in [1.82, 2.24) is 9.97 Å². The lowest BCUT2D eigenvalue weighted by atomic mass is 10.2. The van der Waals surface area contributed by atoms with E-state index in [1.54, 1.807) is 12.1 Å². The van der Waals surface area contributed by atoms with Crippen LogP contribution in [0.5, 0.6) is 0 Å². The van der Waals surface area contributed by atoms with Crippen molar-refractivity contribution in [2.75, 3.05) is 0 Å². The Labute approximate surface area is 112 Å². The van der Waals surface area contributed by atoms with Gasteiger partial charge in [0, 0.05) is 10.0 Å². The average Bonchev–Trinajstić information content (AvgIpc) is 2.74. The van der Waals surface area contributed by atoms with Crippen LogP contribution < -0.4 is 0 Å². The van der Waals surface area contributed by atoms with Crippen LogP contribution in [-0.2, 0) is 0 Å². The van der Waals surface area contributed by atoms with Crippen LogP contribution in [0.2, 0.25) is 0 Å². The van der Waals surface area contributed by atoms with E-state index in [-0.39, 0.29) is 5.82 Å². The predicted molar refractivity (Wildman–Crippen MR) is 73.9 cm³/mol. The second-order valence-electron chi connectivity index (χ2n) is 4.21. The summed E-state index contributed by atoms with van der Waals surface area (Å²) in [6.07, 6.45) is 0. The molecular formula is C14H10BrFN2. The van der Waals surface area contributed by atoms with Crippen LogP contribution in [0.15, 0.2) is 40.9 Å². The molecule has 1 N–H and O–H groups in total. The highest BCUT2D eigenvalue weighted by molar-refractivity contribution is 9.10. The number of benzene rings is 2.